The SMILES string of the molecule is COc1nccc(C(C)C(=O)O)c1Cl. The fourth-order valence-electron chi connectivity index (χ4n) is 1.05. The molecular formula is C9H10ClNO3. The standard InChI is InChI=1S/C9H10ClNO3/c1-5(9(12)13)6-3-4-11-8(14-2)7(6)10/h3-5H,1-2H3,(H,12,13). The number of pyridine rings is 1. The molecule has 14 heavy (non-hydrogen) atoms. The summed E-state index contributed by atoms with van der Waals surface area (Å²) in [6.45, 7) is 1.56. The van der Waals surface area contributed by atoms with Gasteiger partial charge in [0.2, 0.25) is 5.88 Å². The van der Waals surface area contributed by atoms with E-state index < -0.39 is 11.9 Å². The van der Waals surface area contributed by atoms with Crippen LogP contribution in [0.15, 0.2) is 12.3 Å². The molecule has 1 aromatic rings. The van der Waals surface area contributed by atoms with E-state index in [1.165, 1.54) is 13.3 Å². The van der Waals surface area contributed by atoms with Crippen LogP contribution in [0.25, 0.3) is 0 Å². The number of rotatable bonds is 3. The molecule has 1 atom stereocenters. The van der Waals surface area contributed by atoms with Gasteiger partial charge in [0.1, 0.15) is 5.02 Å². The normalized spacial score (nSPS) is 12.2. The third-order valence-electron chi connectivity index (χ3n) is 1.92. The molecule has 0 aliphatic rings. The lowest BCUT2D eigenvalue weighted by Gasteiger charge is -2.10. The van der Waals surface area contributed by atoms with E-state index in [-0.39, 0.29) is 10.9 Å². The first kappa shape index (κ1) is 10.8. The van der Waals surface area contributed by atoms with E-state index in [4.69, 9.17) is 21.4 Å². The molecule has 0 saturated heterocycles. The molecule has 0 aromatic carbocycles. The van der Waals surface area contributed by atoms with E-state index in [2.05, 4.69) is 4.98 Å². The van der Waals surface area contributed by atoms with Crippen molar-refractivity contribution >= 4 is 17.6 Å². The van der Waals surface area contributed by atoms with Gasteiger partial charge in [-0.05, 0) is 18.6 Å². The molecule has 4 nitrogen and oxygen atoms in total. The summed E-state index contributed by atoms with van der Waals surface area (Å²) in [5, 5.41) is 9.06. The molecule has 0 fully saturated rings. The zero-order chi connectivity index (χ0) is 10.7. The maximum absolute atomic E-state index is 10.7. The van der Waals surface area contributed by atoms with Crippen LogP contribution in [-0.4, -0.2) is 23.2 Å². The van der Waals surface area contributed by atoms with Gasteiger partial charge in [-0.3, -0.25) is 4.79 Å². The number of nitrogens with zero attached hydrogens (tertiary/aromatic N) is 1. The Bertz CT molecular complexity index is 354. The second-order valence-corrected chi connectivity index (χ2v) is 3.16. The van der Waals surface area contributed by atoms with Crippen molar-refractivity contribution in [3.05, 3.63) is 22.8 Å². The number of carbonyl (C=O) groups is 1. The molecule has 0 aliphatic carbocycles. The van der Waals surface area contributed by atoms with Gasteiger partial charge in [-0.15, -0.1) is 0 Å². The lowest BCUT2D eigenvalue weighted by atomic mass is 10.0. The van der Waals surface area contributed by atoms with Crippen LogP contribution in [0.4, 0.5) is 0 Å². The molecule has 1 rings (SSSR count). The molecule has 76 valence electrons. The van der Waals surface area contributed by atoms with Gasteiger partial charge < -0.3 is 9.84 Å². The lowest BCUT2D eigenvalue weighted by Crippen LogP contribution is -2.08. The molecular weight excluding hydrogens is 206 g/mol. The van der Waals surface area contributed by atoms with Crippen LogP contribution in [0.3, 0.4) is 0 Å². The number of hydrogen-bond acceptors (Lipinski definition) is 3. The summed E-state index contributed by atoms with van der Waals surface area (Å²) in [5.41, 5.74) is 0.506. The Morgan fingerprint density at radius 2 is 2.36 bits per heavy atom. The first-order valence-electron chi connectivity index (χ1n) is 3.99. The quantitative estimate of drug-likeness (QED) is 0.837. The second kappa shape index (κ2) is 4.28. The Kier molecular flexibility index (Phi) is 3.30. The van der Waals surface area contributed by atoms with Gasteiger partial charge in [0.15, 0.2) is 0 Å². The van der Waals surface area contributed by atoms with Gasteiger partial charge in [0, 0.05) is 6.20 Å². The third-order valence-corrected chi connectivity index (χ3v) is 2.30. The number of aromatic nitrogens is 1. The summed E-state index contributed by atoms with van der Waals surface area (Å²) < 4.78 is 4.88. The maximum atomic E-state index is 10.7. The van der Waals surface area contributed by atoms with Crippen LogP contribution in [0.5, 0.6) is 5.88 Å². The van der Waals surface area contributed by atoms with Crippen molar-refractivity contribution in [3.63, 3.8) is 0 Å². The summed E-state index contributed by atoms with van der Waals surface area (Å²) >= 11 is 5.90. The highest BCUT2D eigenvalue weighted by atomic mass is 35.5. The molecule has 0 spiro atoms. The van der Waals surface area contributed by atoms with Crippen LogP contribution in [0.2, 0.25) is 5.02 Å². The summed E-state index contributed by atoms with van der Waals surface area (Å²) in [4.78, 5) is 14.6. The molecule has 0 saturated carbocycles. The van der Waals surface area contributed by atoms with E-state index in [1.807, 2.05) is 0 Å². The van der Waals surface area contributed by atoms with Crippen LogP contribution >= 0.6 is 11.6 Å². The molecule has 5 heteroatoms. The van der Waals surface area contributed by atoms with Gasteiger partial charge in [-0.25, -0.2) is 4.98 Å². The predicted octanol–water partition coefficient (Wildman–Crippen LogP) is 1.93. The van der Waals surface area contributed by atoms with Crippen molar-refractivity contribution < 1.29 is 14.6 Å². The first-order chi connectivity index (χ1) is 6.57. The van der Waals surface area contributed by atoms with Crippen molar-refractivity contribution in [2.75, 3.05) is 7.11 Å². The third kappa shape index (κ3) is 1.96. The van der Waals surface area contributed by atoms with Crippen molar-refractivity contribution in [1.82, 2.24) is 4.98 Å². The average molecular weight is 216 g/mol. The topological polar surface area (TPSA) is 59.4 Å². The molecule has 1 aromatic heterocycles. The largest absolute Gasteiger partial charge is 0.481 e. The van der Waals surface area contributed by atoms with Gasteiger partial charge >= 0.3 is 5.97 Å². The number of aliphatic carboxylic acids is 1. The molecule has 1 unspecified atom stereocenters. The van der Waals surface area contributed by atoms with E-state index in [0.717, 1.165) is 0 Å². The Morgan fingerprint density at radius 3 is 2.86 bits per heavy atom. The van der Waals surface area contributed by atoms with Gasteiger partial charge in [-0.2, -0.15) is 0 Å². The van der Waals surface area contributed by atoms with Crippen LogP contribution in [-0.2, 0) is 4.79 Å². The first-order valence-corrected chi connectivity index (χ1v) is 4.37. The second-order valence-electron chi connectivity index (χ2n) is 2.78. The van der Waals surface area contributed by atoms with E-state index in [9.17, 15) is 4.79 Å². The molecule has 0 aliphatic heterocycles. The lowest BCUT2D eigenvalue weighted by molar-refractivity contribution is -0.138. The Labute approximate surface area is 86.5 Å². The van der Waals surface area contributed by atoms with Crippen molar-refractivity contribution in [2.45, 2.75) is 12.8 Å². The number of ether oxygens (including phenoxy) is 1. The smallest absolute Gasteiger partial charge is 0.310 e. The van der Waals surface area contributed by atoms with E-state index in [1.54, 1.807) is 13.0 Å². The minimum absolute atomic E-state index is 0.247. The minimum Gasteiger partial charge on any atom is -0.481 e. The van der Waals surface area contributed by atoms with Crippen LogP contribution in [0.1, 0.15) is 18.4 Å². The summed E-state index contributed by atoms with van der Waals surface area (Å²) in [6, 6.07) is 1.57. The fourth-order valence-corrected chi connectivity index (χ4v) is 1.40. The van der Waals surface area contributed by atoms with Gasteiger partial charge in [0.25, 0.3) is 0 Å². The highest BCUT2D eigenvalue weighted by Gasteiger charge is 2.19. The van der Waals surface area contributed by atoms with Crippen molar-refractivity contribution in [1.29, 1.82) is 0 Å². The number of halogens is 1. The van der Waals surface area contributed by atoms with E-state index in [0.29, 0.717) is 5.56 Å². The minimum atomic E-state index is -0.930. The van der Waals surface area contributed by atoms with Gasteiger partial charge in [-0.1, -0.05) is 11.6 Å². The monoisotopic (exact) mass is 215 g/mol. The predicted molar refractivity (Wildman–Crippen MR) is 51.8 cm³/mol. The summed E-state index contributed by atoms with van der Waals surface area (Å²) in [7, 11) is 1.43. The zero-order valence-electron chi connectivity index (χ0n) is 7.82. The molecule has 1 N–H and O–H groups in total. The molecule has 1 heterocycles. The van der Waals surface area contributed by atoms with Crippen LogP contribution in [0, 0.1) is 0 Å². The summed E-state index contributed by atoms with van der Waals surface area (Å²) in [5.74, 6) is -1.35. The van der Waals surface area contributed by atoms with Crippen molar-refractivity contribution in [3.8, 4) is 5.88 Å². The highest BCUT2D eigenvalue weighted by molar-refractivity contribution is 6.32. The van der Waals surface area contributed by atoms with Crippen molar-refractivity contribution in [2.24, 2.45) is 0 Å². The molecule has 0 radical (unpaired) electrons. The Hall–Kier alpha value is -1.29. The maximum Gasteiger partial charge on any atom is 0.310 e. The molecule has 0 amide bonds. The van der Waals surface area contributed by atoms with E-state index >= 15 is 0 Å². The van der Waals surface area contributed by atoms with Crippen LogP contribution < -0.4 is 4.74 Å². The Morgan fingerprint density at radius 1 is 1.71 bits per heavy atom. The number of methoxy groups -OCH3 is 1. The average Bonchev–Trinajstić information content (AvgIpc) is 2.17. The summed E-state index contributed by atoms with van der Waals surface area (Å²) in [6.07, 6.45) is 1.47. The number of carboxylic acids is 1. The Balaban J connectivity index is 3.15. The van der Waals surface area contributed by atoms with Gasteiger partial charge in [0.05, 0.1) is 13.0 Å². The highest BCUT2D eigenvalue weighted by Crippen LogP contribution is 2.30. The zero-order valence-corrected chi connectivity index (χ0v) is 8.58. The molecule has 0 bridgehead atoms. The number of carboxylic acid groups (broad SMARTS) is 1. The fraction of sp³-hybridized carbons (Fsp3) is 0.333. The number of hydrogen-bond donors (Lipinski definition) is 1.